The highest BCUT2D eigenvalue weighted by Crippen LogP contribution is 2.39. The maximum Gasteiger partial charge on any atom is 0.277 e. The third-order valence-corrected chi connectivity index (χ3v) is 8.47. The molecule has 40 heavy (non-hydrogen) atoms. The van der Waals surface area contributed by atoms with Gasteiger partial charge in [-0.3, -0.25) is 9.59 Å². The van der Waals surface area contributed by atoms with E-state index in [0.29, 0.717) is 10.8 Å². The van der Waals surface area contributed by atoms with Crippen LogP contribution >= 0.6 is 22.9 Å². The Bertz CT molecular complexity index is 1570. The number of benzene rings is 2. The summed E-state index contributed by atoms with van der Waals surface area (Å²) in [7, 11) is 0. The molecule has 0 saturated carbocycles. The predicted octanol–water partition coefficient (Wildman–Crippen LogP) is 6.78. The molecule has 2 amide bonds. The van der Waals surface area contributed by atoms with Gasteiger partial charge >= 0.3 is 0 Å². The van der Waals surface area contributed by atoms with Gasteiger partial charge in [0.15, 0.2) is 6.61 Å². The molecule has 1 aliphatic rings. The van der Waals surface area contributed by atoms with Gasteiger partial charge in [-0.1, -0.05) is 29.3 Å². The second-order valence-corrected chi connectivity index (χ2v) is 11.4. The molecule has 0 atom stereocenters. The second-order valence-electron chi connectivity index (χ2n) is 9.91. The molecule has 0 saturated heterocycles. The SMILES string of the molecule is Cc1ccc(NC(=O)c2c(-n3c(C)cc(/C=N\NC(=O)COc4ccc(Cl)cc4)c3C)sc3c2CCCC3)cc1. The number of carbonyl (C=O) groups excluding carboxylic acids is 2. The predicted molar refractivity (Wildman–Crippen MR) is 162 cm³/mol. The number of nitrogens with one attached hydrogen (secondary N) is 2. The first-order valence-corrected chi connectivity index (χ1v) is 14.4. The summed E-state index contributed by atoms with van der Waals surface area (Å²) >= 11 is 7.57. The Hall–Kier alpha value is -3.88. The lowest BCUT2D eigenvalue weighted by Crippen LogP contribution is -2.24. The van der Waals surface area contributed by atoms with Crippen molar-refractivity contribution in [3.8, 4) is 10.8 Å². The minimum Gasteiger partial charge on any atom is -0.484 e. The molecule has 2 N–H and O–H groups in total. The van der Waals surface area contributed by atoms with Crippen LogP contribution < -0.4 is 15.5 Å². The molecule has 0 unspecified atom stereocenters. The quantitative estimate of drug-likeness (QED) is 0.180. The van der Waals surface area contributed by atoms with E-state index in [1.54, 1.807) is 41.8 Å². The topological polar surface area (TPSA) is 84.7 Å². The zero-order chi connectivity index (χ0) is 28.2. The number of hydrazone groups is 1. The summed E-state index contributed by atoms with van der Waals surface area (Å²) in [6, 6.07) is 16.7. The van der Waals surface area contributed by atoms with E-state index in [2.05, 4.69) is 20.4 Å². The number of thiophene rings is 1. The number of halogens is 1. The molecular formula is C31H31ClN4O3S. The van der Waals surface area contributed by atoms with Crippen LogP contribution in [-0.4, -0.2) is 29.2 Å². The fourth-order valence-corrected chi connectivity index (χ4v) is 6.51. The van der Waals surface area contributed by atoms with Crippen molar-refractivity contribution in [3.05, 3.63) is 98.1 Å². The molecule has 0 spiro atoms. The zero-order valence-corrected chi connectivity index (χ0v) is 24.3. The smallest absolute Gasteiger partial charge is 0.277 e. The molecule has 0 aliphatic heterocycles. The lowest BCUT2D eigenvalue weighted by Gasteiger charge is -2.14. The average Bonchev–Trinajstić information content (AvgIpc) is 3.45. The van der Waals surface area contributed by atoms with Gasteiger partial charge in [0.1, 0.15) is 10.8 Å². The minimum absolute atomic E-state index is 0.0890. The Balaban J connectivity index is 1.35. The number of hydrogen-bond donors (Lipinski definition) is 2. The van der Waals surface area contributed by atoms with E-state index < -0.39 is 0 Å². The molecule has 0 bridgehead atoms. The normalized spacial score (nSPS) is 12.8. The number of aromatic nitrogens is 1. The van der Waals surface area contributed by atoms with Crippen LogP contribution in [0.15, 0.2) is 59.7 Å². The van der Waals surface area contributed by atoms with Gasteiger partial charge < -0.3 is 14.6 Å². The molecule has 9 heteroatoms. The van der Waals surface area contributed by atoms with Crippen LogP contribution in [0.5, 0.6) is 5.75 Å². The molecule has 2 aromatic carbocycles. The highest BCUT2D eigenvalue weighted by Gasteiger charge is 2.28. The number of ether oxygens (including phenoxy) is 1. The first-order chi connectivity index (χ1) is 19.3. The summed E-state index contributed by atoms with van der Waals surface area (Å²) in [4.78, 5) is 27.2. The lowest BCUT2D eigenvalue weighted by molar-refractivity contribution is -0.123. The van der Waals surface area contributed by atoms with Crippen molar-refractivity contribution in [2.45, 2.75) is 46.5 Å². The molecule has 4 aromatic rings. The summed E-state index contributed by atoms with van der Waals surface area (Å²) in [5, 5.41) is 8.78. The number of fused-ring (bicyclic) bond motifs is 1. The maximum absolute atomic E-state index is 13.7. The molecule has 0 radical (unpaired) electrons. The largest absolute Gasteiger partial charge is 0.484 e. The Labute approximate surface area is 242 Å². The third kappa shape index (κ3) is 6.13. The molecule has 5 rings (SSSR count). The van der Waals surface area contributed by atoms with Gasteiger partial charge in [-0.25, -0.2) is 5.43 Å². The summed E-state index contributed by atoms with van der Waals surface area (Å²) in [5.41, 5.74) is 9.13. The van der Waals surface area contributed by atoms with E-state index in [1.807, 2.05) is 51.1 Å². The number of carbonyl (C=O) groups is 2. The molecule has 0 fully saturated rings. The fourth-order valence-electron chi connectivity index (χ4n) is 4.89. The maximum atomic E-state index is 13.7. The van der Waals surface area contributed by atoms with Gasteiger partial charge in [0, 0.05) is 32.5 Å². The average molecular weight is 575 g/mol. The summed E-state index contributed by atoms with van der Waals surface area (Å²) in [5.74, 6) is 0.0860. The van der Waals surface area contributed by atoms with Gasteiger partial charge in [-0.05, 0) is 94.5 Å². The van der Waals surface area contributed by atoms with Crippen molar-refractivity contribution in [1.82, 2.24) is 9.99 Å². The van der Waals surface area contributed by atoms with Gasteiger partial charge in [-0.2, -0.15) is 5.10 Å². The second kappa shape index (κ2) is 12.1. The van der Waals surface area contributed by atoms with Crippen LogP contribution in [0.1, 0.15) is 56.2 Å². The summed E-state index contributed by atoms with van der Waals surface area (Å²) < 4.78 is 7.59. The number of anilines is 1. The Morgan fingerprint density at radius 2 is 1.77 bits per heavy atom. The lowest BCUT2D eigenvalue weighted by atomic mass is 9.95. The monoisotopic (exact) mass is 574 g/mol. The first kappa shape index (κ1) is 27.7. The van der Waals surface area contributed by atoms with Crippen LogP contribution in [0, 0.1) is 20.8 Å². The standard InChI is InChI=1S/C31H31ClN4O3S/c1-19-8-12-24(13-9-19)34-30(38)29-26-6-4-5-7-27(26)40-31(29)36-20(2)16-22(21(36)3)17-33-35-28(37)18-39-25-14-10-23(32)11-15-25/h8-17H,4-7,18H2,1-3H3,(H,34,38)(H,35,37)/b33-17-. The number of amides is 2. The molecular weight excluding hydrogens is 544 g/mol. The zero-order valence-electron chi connectivity index (χ0n) is 22.7. The Kier molecular flexibility index (Phi) is 8.38. The van der Waals surface area contributed by atoms with Crippen LogP contribution in [0.3, 0.4) is 0 Å². The van der Waals surface area contributed by atoms with Crippen molar-refractivity contribution < 1.29 is 14.3 Å². The molecule has 206 valence electrons. The fraction of sp³-hybridized carbons (Fsp3) is 0.258. The van der Waals surface area contributed by atoms with E-state index in [-0.39, 0.29) is 18.4 Å². The van der Waals surface area contributed by atoms with E-state index >= 15 is 0 Å². The number of rotatable bonds is 8. The molecule has 2 heterocycles. The van der Waals surface area contributed by atoms with Crippen LogP contribution in [-0.2, 0) is 17.6 Å². The molecule has 7 nitrogen and oxygen atoms in total. The van der Waals surface area contributed by atoms with E-state index in [4.69, 9.17) is 16.3 Å². The number of aryl methyl sites for hydroxylation is 3. The first-order valence-electron chi connectivity index (χ1n) is 13.2. The van der Waals surface area contributed by atoms with E-state index in [9.17, 15) is 9.59 Å². The van der Waals surface area contributed by atoms with Gasteiger partial charge in [-0.15, -0.1) is 11.3 Å². The third-order valence-electron chi connectivity index (χ3n) is 6.94. The molecule has 2 aromatic heterocycles. The van der Waals surface area contributed by atoms with Crippen molar-refractivity contribution in [3.63, 3.8) is 0 Å². The Morgan fingerprint density at radius 1 is 1.05 bits per heavy atom. The van der Waals surface area contributed by atoms with E-state index in [1.165, 1.54) is 4.88 Å². The number of hydrogen-bond acceptors (Lipinski definition) is 5. The van der Waals surface area contributed by atoms with Crippen molar-refractivity contribution in [1.29, 1.82) is 0 Å². The minimum atomic E-state index is -0.374. The van der Waals surface area contributed by atoms with Gasteiger partial charge in [0.2, 0.25) is 0 Å². The van der Waals surface area contributed by atoms with Crippen molar-refractivity contribution >= 4 is 46.7 Å². The number of nitrogens with zero attached hydrogens (tertiary/aromatic N) is 2. The highest BCUT2D eigenvalue weighted by atomic mass is 35.5. The Morgan fingerprint density at radius 3 is 2.52 bits per heavy atom. The van der Waals surface area contributed by atoms with Crippen molar-refractivity contribution in [2.24, 2.45) is 5.10 Å². The molecule has 1 aliphatic carbocycles. The van der Waals surface area contributed by atoms with Gasteiger partial charge in [0.25, 0.3) is 11.8 Å². The summed E-state index contributed by atoms with van der Waals surface area (Å²) in [6.45, 7) is 5.87. The van der Waals surface area contributed by atoms with E-state index in [0.717, 1.165) is 70.0 Å². The van der Waals surface area contributed by atoms with Crippen LogP contribution in [0.25, 0.3) is 5.00 Å². The van der Waals surface area contributed by atoms with Gasteiger partial charge in [0.05, 0.1) is 11.8 Å². The highest BCUT2D eigenvalue weighted by molar-refractivity contribution is 7.15. The summed E-state index contributed by atoms with van der Waals surface area (Å²) in [6.07, 6.45) is 5.73. The van der Waals surface area contributed by atoms with Crippen LogP contribution in [0.4, 0.5) is 5.69 Å². The van der Waals surface area contributed by atoms with Crippen molar-refractivity contribution in [2.75, 3.05) is 11.9 Å². The van der Waals surface area contributed by atoms with Crippen LogP contribution in [0.2, 0.25) is 5.02 Å².